The van der Waals surface area contributed by atoms with Crippen molar-refractivity contribution in [1.29, 1.82) is 5.26 Å². The van der Waals surface area contributed by atoms with E-state index in [0.29, 0.717) is 19.3 Å². The number of hydrogen-bond acceptors (Lipinski definition) is 3. The van der Waals surface area contributed by atoms with Crippen LogP contribution in [0, 0.1) is 11.3 Å². The van der Waals surface area contributed by atoms with Gasteiger partial charge in [0.25, 0.3) is 0 Å². The summed E-state index contributed by atoms with van der Waals surface area (Å²) in [6.45, 7) is 2.59. The summed E-state index contributed by atoms with van der Waals surface area (Å²) in [5.74, 6) is -0.710. The maximum atomic E-state index is 11.8. The highest BCUT2D eigenvalue weighted by atomic mass is 16.4. The molecule has 1 aliphatic heterocycles. The zero-order valence-electron chi connectivity index (χ0n) is 12.3. The number of carboxylic acid groups (broad SMARTS) is 1. The summed E-state index contributed by atoms with van der Waals surface area (Å²) in [6.07, 6.45) is 3.86. The summed E-state index contributed by atoms with van der Waals surface area (Å²) in [6, 6.07) is 11.8. The van der Waals surface area contributed by atoms with Crippen molar-refractivity contribution in [3.8, 4) is 6.07 Å². The molecule has 21 heavy (non-hydrogen) atoms. The highest BCUT2D eigenvalue weighted by Crippen LogP contribution is 2.35. The van der Waals surface area contributed by atoms with E-state index in [1.165, 1.54) is 0 Å². The Kier molecular flexibility index (Phi) is 5.35. The Bertz CT molecular complexity index is 499. The zero-order valence-corrected chi connectivity index (χ0v) is 12.3. The molecule has 0 atom stereocenters. The van der Waals surface area contributed by atoms with Crippen molar-refractivity contribution in [2.24, 2.45) is 0 Å². The van der Waals surface area contributed by atoms with Gasteiger partial charge in [-0.2, -0.15) is 5.26 Å². The highest BCUT2D eigenvalue weighted by Gasteiger charge is 2.42. The number of nitrogens with zero attached hydrogens (tertiary/aromatic N) is 2. The second-order valence-corrected chi connectivity index (χ2v) is 5.71. The molecule has 0 amide bonds. The van der Waals surface area contributed by atoms with E-state index in [0.717, 1.165) is 38.0 Å². The van der Waals surface area contributed by atoms with E-state index < -0.39 is 11.4 Å². The molecular weight excluding hydrogens is 264 g/mol. The molecule has 1 aromatic rings. The van der Waals surface area contributed by atoms with Crippen LogP contribution in [0.25, 0.3) is 0 Å². The average Bonchev–Trinajstić information content (AvgIpc) is 2.53. The molecule has 0 aliphatic carbocycles. The van der Waals surface area contributed by atoms with Crippen molar-refractivity contribution in [2.75, 3.05) is 19.6 Å². The SMILES string of the molecule is N#CCCCCN1CCC(C(=O)O)(c2ccccc2)CC1. The number of carboxylic acids is 1. The Morgan fingerprint density at radius 1 is 1.24 bits per heavy atom. The maximum absolute atomic E-state index is 11.8. The van der Waals surface area contributed by atoms with Crippen molar-refractivity contribution >= 4 is 5.97 Å². The molecule has 0 spiro atoms. The van der Waals surface area contributed by atoms with Gasteiger partial charge in [-0.25, -0.2) is 0 Å². The molecule has 0 aromatic heterocycles. The summed E-state index contributed by atoms with van der Waals surface area (Å²) in [7, 11) is 0. The molecule has 112 valence electrons. The van der Waals surface area contributed by atoms with Crippen LogP contribution in [-0.4, -0.2) is 35.6 Å². The molecule has 0 saturated carbocycles. The van der Waals surface area contributed by atoms with E-state index in [4.69, 9.17) is 5.26 Å². The van der Waals surface area contributed by atoms with Crippen molar-refractivity contribution < 1.29 is 9.90 Å². The fraction of sp³-hybridized carbons (Fsp3) is 0.529. The first-order valence-electron chi connectivity index (χ1n) is 7.57. The van der Waals surface area contributed by atoms with E-state index in [2.05, 4.69) is 11.0 Å². The van der Waals surface area contributed by atoms with Crippen LogP contribution in [0.5, 0.6) is 0 Å². The van der Waals surface area contributed by atoms with E-state index >= 15 is 0 Å². The molecule has 1 aromatic carbocycles. The normalized spacial score (nSPS) is 18.0. The van der Waals surface area contributed by atoms with Gasteiger partial charge in [0.2, 0.25) is 0 Å². The molecule has 0 unspecified atom stereocenters. The van der Waals surface area contributed by atoms with Gasteiger partial charge in [0.15, 0.2) is 0 Å². The standard InChI is InChI=1S/C17H22N2O2/c18-11-5-2-6-12-19-13-9-17(10-14-19,16(20)21)15-7-3-1-4-8-15/h1,3-4,7-8H,2,5-6,9-10,12-14H2,(H,20,21). The Labute approximate surface area is 126 Å². The number of benzene rings is 1. The van der Waals surface area contributed by atoms with E-state index in [9.17, 15) is 9.90 Å². The van der Waals surface area contributed by atoms with Gasteiger partial charge in [0.1, 0.15) is 0 Å². The molecule has 0 bridgehead atoms. The number of piperidine rings is 1. The smallest absolute Gasteiger partial charge is 0.314 e. The minimum atomic E-state index is -0.732. The predicted molar refractivity (Wildman–Crippen MR) is 80.9 cm³/mol. The fourth-order valence-electron chi connectivity index (χ4n) is 3.08. The van der Waals surface area contributed by atoms with Crippen molar-refractivity contribution in [3.63, 3.8) is 0 Å². The Morgan fingerprint density at radius 2 is 1.90 bits per heavy atom. The summed E-state index contributed by atoms with van der Waals surface area (Å²) in [4.78, 5) is 14.1. The second-order valence-electron chi connectivity index (χ2n) is 5.71. The van der Waals surface area contributed by atoms with Gasteiger partial charge in [-0.05, 0) is 50.9 Å². The van der Waals surface area contributed by atoms with Gasteiger partial charge in [-0.1, -0.05) is 30.3 Å². The highest BCUT2D eigenvalue weighted by molar-refractivity contribution is 5.81. The Morgan fingerprint density at radius 3 is 2.48 bits per heavy atom. The van der Waals surface area contributed by atoms with Crippen LogP contribution in [-0.2, 0) is 10.2 Å². The van der Waals surface area contributed by atoms with Crippen LogP contribution in [0.1, 0.15) is 37.7 Å². The van der Waals surface area contributed by atoms with E-state index in [1.54, 1.807) is 0 Å². The topological polar surface area (TPSA) is 64.3 Å². The number of unbranched alkanes of at least 4 members (excludes halogenated alkanes) is 2. The van der Waals surface area contributed by atoms with Crippen molar-refractivity contribution in [3.05, 3.63) is 35.9 Å². The van der Waals surface area contributed by atoms with Crippen LogP contribution in [0.2, 0.25) is 0 Å². The molecule has 4 nitrogen and oxygen atoms in total. The van der Waals surface area contributed by atoms with Gasteiger partial charge in [0, 0.05) is 6.42 Å². The molecule has 1 heterocycles. The lowest BCUT2D eigenvalue weighted by molar-refractivity contribution is -0.146. The minimum absolute atomic E-state index is 0.608. The molecule has 1 fully saturated rings. The third kappa shape index (κ3) is 3.62. The summed E-state index contributed by atoms with van der Waals surface area (Å²) in [5, 5.41) is 18.3. The van der Waals surface area contributed by atoms with Gasteiger partial charge in [-0.3, -0.25) is 4.79 Å². The number of likely N-dealkylation sites (tertiary alicyclic amines) is 1. The van der Waals surface area contributed by atoms with Gasteiger partial charge < -0.3 is 10.0 Å². The number of rotatable bonds is 6. The average molecular weight is 286 g/mol. The number of aliphatic carboxylic acids is 1. The second kappa shape index (κ2) is 7.24. The zero-order chi connectivity index (χ0) is 15.1. The molecule has 1 N–H and O–H groups in total. The number of hydrogen-bond donors (Lipinski definition) is 1. The lowest BCUT2D eigenvalue weighted by atomic mass is 9.73. The Hall–Kier alpha value is -1.86. The van der Waals surface area contributed by atoms with Crippen LogP contribution >= 0.6 is 0 Å². The molecule has 4 heteroatoms. The van der Waals surface area contributed by atoms with Gasteiger partial charge in [-0.15, -0.1) is 0 Å². The van der Waals surface area contributed by atoms with Crippen LogP contribution < -0.4 is 0 Å². The maximum Gasteiger partial charge on any atom is 0.314 e. The van der Waals surface area contributed by atoms with E-state index in [1.807, 2.05) is 30.3 Å². The van der Waals surface area contributed by atoms with Crippen LogP contribution in [0.15, 0.2) is 30.3 Å². The van der Waals surface area contributed by atoms with Gasteiger partial charge in [0.05, 0.1) is 11.5 Å². The first kappa shape index (κ1) is 15.5. The summed E-state index contributed by atoms with van der Waals surface area (Å²) >= 11 is 0. The lowest BCUT2D eigenvalue weighted by Gasteiger charge is -2.39. The van der Waals surface area contributed by atoms with Crippen LogP contribution in [0.3, 0.4) is 0 Å². The largest absolute Gasteiger partial charge is 0.481 e. The fourth-order valence-corrected chi connectivity index (χ4v) is 3.08. The Balaban J connectivity index is 1.96. The molecule has 1 saturated heterocycles. The van der Waals surface area contributed by atoms with E-state index in [-0.39, 0.29) is 0 Å². The van der Waals surface area contributed by atoms with Crippen LogP contribution in [0.4, 0.5) is 0 Å². The quantitative estimate of drug-likeness (QED) is 0.817. The predicted octanol–water partition coefficient (Wildman–Crippen LogP) is 2.80. The van der Waals surface area contributed by atoms with Crippen molar-refractivity contribution in [2.45, 2.75) is 37.5 Å². The monoisotopic (exact) mass is 286 g/mol. The molecule has 0 radical (unpaired) electrons. The molecule has 2 rings (SSSR count). The number of carbonyl (C=O) groups is 1. The third-order valence-electron chi connectivity index (χ3n) is 4.46. The number of nitriles is 1. The molecule has 1 aliphatic rings. The first-order chi connectivity index (χ1) is 10.2. The third-order valence-corrected chi connectivity index (χ3v) is 4.46. The summed E-state index contributed by atoms with van der Waals surface area (Å²) < 4.78 is 0. The summed E-state index contributed by atoms with van der Waals surface area (Å²) in [5.41, 5.74) is 0.186. The van der Waals surface area contributed by atoms with Crippen molar-refractivity contribution in [1.82, 2.24) is 4.90 Å². The lowest BCUT2D eigenvalue weighted by Crippen LogP contribution is -2.47. The van der Waals surface area contributed by atoms with Gasteiger partial charge >= 0.3 is 5.97 Å². The minimum Gasteiger partial charge on any atom is -0.481 e. The molecular formula is C17H22N2O2. The first-order valence-corrected chi connectivity index (χ1v) is 7.57.